The molecule has 0 radical (unpaired) electrons. The van der Waals surface area contributed by atoms with Gasteiger partial charge in [0.15, 0.2) is 11.6 Å². The summed E-state index contributed by atoms with van der Waals surface area (Å²) in [6.07, 6.45) is 1.09. The highest BCUT2D eigenvalue weighted by atomic mass is 19.1. The summed E-state index contributed by atoms with van der Waals surface area (Å²) in [6, 6.07) is 1.99. The van der Waals surface area contributed by atoms with Crippen molar-refractivity contribution in [2.75, 3.05) is 19.0 Å². The van der Waals surface area contributed by atoms with Crippen LogP contribution in [0.5, 0.6) is 0 Å². The first-order valence-electron chi connectivity index (χ1n) is 6.15. The quantitative estimate of drug-likeness (QED) is 0.649. The van der Waals surface area contributed by atoms with E-state index < -0.39 is 17.3 Å². The Bertz CT molecular complexity index is 484. The van der Waals surface area contributed by atoms with Gasteiger partial charge in [0.2, 0.25) is 0 Å². The number of benzene rings is 1. The third-order valence-corrected chi connectivity index (χ3v) is 3.56. The number of halogens is 2. The van der Waals surface area contributed by atoms with Gasteiger partial charge in [0.1, 0.15) is 5.69 Å². The zero-order chi connectivity index (χ0) is 14.2. The molecule has 0 bridgehead atoms. The van der Waals surface area contributed by atoms with Gasteiger partial charge in [0.05, 0.1) is 0 Å². The van der Waals surface area contributed by atoms with Crippen LogP contribution in [0.25, 0.3) is 0 Å². The van der Waals surface area contributed by atoms with Crippen molar-refractivity contribution in [3.8, 4) is 0 Å². The van der Waals surface area contributed by atoms with Crippen LogP contribution in [-0.2, 0) is 0 Å². The lowest BCUT2D eigenvalue weighted by molar-refractivity contribution is 0.0786. The second-order valence-corrected chi connectivity index (χ2v) is 5.12. The van der Waals surface area contributed by atoms with E-state index in [1.807, 2.05) is 5.43 Å². The number of amides is 1. The van der Waals surface area contributed by atoms with Gasteiger partial charge < -0.3 is 10.3 Å². The molecule has 0 saturated heterocycles. The molecule has 0 spiro atoms. The summed E-state index contributed by atoms with van der Waals surface area (Å²) in [6.45, 7) is 2.73. The van der Waals surface area contributed by atoms with E-state index in [1.54, 1.807) is 7.05 Å². The standard InChI is InChI=1S/C13H17F2N3O/c1-7-3-9(7)6-18(2)13(19)8-4-10(14)12(17-16)11(15)5-8/h4-5,7,9,17H,3,6,16H2,1-2H3. The first-order valence-corrected chi connectivity index (χ1v) is 6.15. The fraction of sp³-hybridized carbons (Fsp3) is 0.462. The Kier molecular flexibility index (Phi) is 3.71. The van der Waals surface area contributed by atoms with Crippen molar-refractivity contribution in [1.29, 1.82) is 0 Å². The molecular formula is C13H17F2N3O. The first kappa shape index (κ1) is 13.7. The number of nitrogen functional groups attached to an aromatic ring is 1. The zero-order valence-electron chi connectivity index (χ0n) is 10.9. The molecule has 2 atom stereocenters. The van der Waals surface area contributed by atoms with Crippen LogP contribution in [0.4, 0.5) is 14.5 Å². The minimum absolute atomic E-state index is 0.00944. The molecule has 4 nitrogen and oxygen atoms in total. The number of nitrogens with one attached hydrogen (secondary N) is 1. The maximum absolute atomic E-state index is 13.5. The minimum atomic E-state index is -0.876. The maximum Gasteiger partial charge on any atom is 0.253 e. The van der Waals surface area contributed by atoms with E-state index in [9.17, 15) is 13.6 Å². The highest BCUT2D eigenvalue weighted by Gasteiger charge is 2.34. The molecule has 1 aliphatic rings. The molecule has 2 unspecified atom stereocenters. The number of hydrogen-bond donors (Lipinski definition) is 2. The van der Waals surface area contributed by atoms with Gasteiger partial charge in [-0.1, -0.05) is 6.92 Å². The van der Waals surface area contributed by atoms with Crippen LogP contribution in [0.2, 0.25) is 0 Å². The first-order chi connectivity index (χ1) is 8.93. The molecule has 2 rings (SSSR count). The van der Waals surface area contributed by atoms with Gasteiger partial charge in [0.25, 0.3) is 5.91 Å². The van der Waals surface area contributed by atoms with Crippen LogP contribution in [0.15, 0.2) is 12.1 Å². The number of hydrazine groups is 1. The van der Waals surface area contributed by atoms with E-state index in [4.69, 9.17) is 5.84 Å². The third-order valence-electron chi connectivity index (χ3n) is 3.56. The van der Waals surface area contributed by atoms with E-state index in [2.05, 4.69) is 6.92 Å². The summed E-state index contributed by atoms with van der Waals surface area (Å²) in [5.74, 6) is 3.97. The Morgan fingerprint density at radius 3 is 2.42 bits per heavy atom. The molecule has 0 heterocycles. The number of nitrogens with two attached hydrogens (primary N) is 1. The molecule has 0 aliphatic heterocycles. The SMILES string of the molecule is CC1CC1CN(C)C(=O)c1cc(F)c(NN)c(F)c1. The van der Waals surface area contributed by atoms with Crippen LogP contribution in [0, 0.1) is 23.5 Å². The molecule has 1 amide bonds. The van der Waals surface area contributed by atoms with E-state index in [0.717, 1.165) is 18.6 Å². The summed E-state index contributed by atoms with van der Waals surface area (Å²) in [4.78, 5) is 13.6. The number of nitrogens with zero attached hydrogens (tertiary/aromatic N) is 1. The van der Waals surface area contributed by atoms with Crippen LogP contribution < -0.4 is 11.3 Å². The molecular weight excluding hydrogens is 252 g/mol. The van der Waals surface area contributed by atoms with Crippen molar-refractivity contribution in [3.05, 3.63) is 29.3 Å². The van der Waals surface area contributed by atoms with Crippen molar-refractivity contribution in [3.63, 3.8) is 0 Å². The lowest BCUT2D eigenvalue weighted by Crippen LogP contribution is -2.29. The number of carbonyl (C=O) groups excluding carboxylic acids is 1. The van der Waals surface area contributed by atoms with Gasteiger partial charge >= 0.3 is 0 Å². The van der Waals surface area contributed by atoms with Crippen molar-refractivity contribution in [1.82, 2.24) is 4.90 Å². The summed E-state index contributed by atoms with van der Waals surface area (Å²) < 4.78 is 27.0. The minimum Gasteiger partial charge on any atom is -0.341 e. The third kappa shape index (κ3) is 2.84. The summed E-state index contributed by atoms with van der Waals surface area (Å²) in [7, 11) is 1.64. The predicted molar refractivity (Wildman–Crippen MR) is 68.4 cm³/mol. The monoisotopic (exact) mass is 269 g/mol. The molecule has 1 aromatic carbocycles. The molecule has 3 N–H and O–H groups in total. The summed E-state index contributed by atoms with van der Waals surface area (Å²) >= 11 is 0. The molecule has 104 valence electrons. The Balaban J connectivity index is 2.14. The maximum atomic E-state index is 13.5. The normalized spacial score (nSPS) is 21.1. The smallest absolute Gasteiger partial charge is 0.253 e. The van der Waals surface area contributed by atoms with Crippen LogP contribution in [0.1, 0.15) is 23.7 Å². The van der Waals surface area contributed by atoms with E-state index >= 15 is 0 Å². The number of carbonyl (C=O) groups is 1. The number of anilines is 1. The number of rotatable bonds is 4. The second-order valence-electron chi connectivity index (χ2n) is 5.12. The fourth-order valence-corrected chi connectivity index (χ4v) is 2.14. The topological polar surface area (TPSA) is 58.4 Å². The Hall–Kier alpha value is -1.69. The fourth-order valence-electron chi connectivity index (χ4n) is 2.14. The van der Waals surface area contributed by atoms with Crippen LogP contribution in [0.3, 0.4) is 0 Å². The summed E-state index contributed by atoms with van der Waals surface area (Å²) in [5.41, 5.74) is 1.49. The molecule has 19 heavy (non-hydrogen) atoms. The van der Waals surface area contributed by atoms with Crippen molar-refractivity contribution < 1.29 is 13.6 Å². The van der Waals surface area contributed by atoms with Gasteiger partial charge in [-0.15, -0.1) is 0 Å². The molecule has 6 heteroatoms. The van der Waals surface area contributed by atoms with Gasteiger partial charge in [-0.05, 0) is 30.4 Å². The van der Waals surface area contributed by atoms with Gasteiger partial charge in [0, 0.05) is 19.2 Å². The lowest BCUT2D eigenvalue weighted by Gasteiger charge is -2.17. The van der Waals surface area contributed by atoms with Crippen molar-refractivity contribution >= 4 is 11.6 Å². The Labute approximate surface area is 110 Å². The molecule has 0 aromatic heterocycles. The van der Waals surface area contributed by atoms with Crippen molar-refractivity contribution in [2.24, 2.45) is 17.7 Å². The van der Waals surface area contributed by atoms with E-state index in [0.29, 0.717) is 18.4 Å². The van der Waals surface area contributed by atoms with Gasteiger partial charge in [-0.3, -0.25) is 10.6 Å². The highest BCUT2D eigenvalue weighted by molar-refractivity contribution is 5.94. The predicted octanol–water partition coefficient (Wildman–Crippen LogP) is 1.98. The van der Waals surface area contributed by atoms with E-state index in [1.165, 1.54) is 4.90 Å². The zero-order valence-corrected chi connectivity index (χ0v) is 10.9. The lowest BCUT2D eigenvalue weighted by atomic mass is 10.1. The molecule has 1 aliphatic carbocycles. The van der Waals surface area contributed by atoms with E-state index in [-0.39, 0.29) is 11.5 Å². The second kappa shape index (κ2) is 5.13. The highest BCUT2D eigenvalue weighted by Crippen LogP contribution is 2.38. The van der Waals surface area contributed by atoms with Crippen LogP contribution >= 0.6 is 0 Å². The average Bonchev–Trinajstić information content (AvgIpc) is 3.03. The Morgan fingerprint density at radius 1 is 1.47 bits per heavy atom. The van der Waals surface area contributed by atoms with Gasteiger partial charge in [-0.2, -0.15) is 0 Å². The van der Waals surface area contributed by atoms with Gasteiger partial charge in [-0.25, -0.2) is 8.78 Å². The van der Waals surface area contributed by atoms with Crippen molar-refractivity contribution in [2.45, 2.75) is 13.3 Å². The average molecular weight is 269 g/mol. The summed E-state index contributed by atoms with van der Waals surface area (Å²) in [5, 5.41) is 0. The number of hydrogen-bond acceptors (Lipinski definition) is 3. The largest absolute Gasteiger partial charge is 0.341 e. The molecule has 1 fully saturated rings. The molecule has 1 saturated carbocycles. The molecule has 1 aromatic rings. The Morgan fingerprint density at radius 2 is 2.00 bits per heavy atom. The van der Waals surface area contributed by atoms with Crippen LogP contribution in [-0.4, -0.2) is 24.4 Å².